The molecule has 4 aromatic rings. The molecule has 0 aliphatic rings. The van der Waals surface area contributed by atoms with Gasteiger partial charge in [-0.3, -0.25) is 9.59 Å². The molecule has 156 valence electrons. The van der Waals surface area contributed by atoms with Crippen LogP contribution in [0.4, 0.5) is 0 Å². The Morgan fingerprint density at radius 1 is 0.485 bits per heavy atom. The van der Waals surface area contributed by atoms with E-state index in [0.717, 1.165) is 22.3 Å². The molecule has 0 spiro atoms. The summed E-state index contributed by atoms with van der Waals surface area (Å²) in [4.78, 5) is 25.3. The van der Waals surface area contributed by atoms with E-state index < -0.39 is 0 Å². The van der Waals surface area contributed by atoms with Crippen molar-refractivity contribution in [2.75, 3.05) is 0 Å². The molecule has 0 aliphatic carbocycles. The number of nitriles is 2. The second-order valence-electron chi connectivity index (χ2n) is 7.56. The monoisotopic (exact) mass is 426 g/mol. The average Bonchev–Trinajstić information content (AvgIpc) is 2.89. The SMILES string of the molecule is N#Cc1ccc(-c2ccc(C(=O)CC(=O)c3ccc(-c4ccc(C#N)cc4)cc3)cc2)cc1. The topological polar surface area (TPSA) is 81.7 Å². The van der Waals surface area contributed by atoms with Gasteiger partial charge >= 0.3 is 0 Å². The van der Waals surface area contributed by atoms with Crippen molar-refractivity contribution in [2.45, 2.75) is 6.42 Å². The highest BCUT2D eigenvalue weighted by atomic mass is 16.1. The second kappa shape index (κ2) is 9.56. The van der Waals surface area contributed by atoms with Crippen LogP contribution in [0.15, 0.2) is 97.1 Å². The van der Waals surface area contributed by atoms with E-state index >= 15 is 0 Å². The molecule has 0 radical (unpaired) electrons. The number of carbonyl (C=O) groups is 2. The maximum atomic E-state index is 12.6. The largest absolute Gasteiger partial charge is 0.294 e. The highest BCUT2D eigenvalue weighted by molar-refractivity contribution is 6.13. The van der Waals surface area contributed by atoms with Gasteiger partial charge in [0.1, 0.15) is 0 Å². The lowest BCUT2D eigenvalue weighted by Gasteiger charge is -2.06. The van der Waals surface area contributed by atoms with Crippen molar-refractivity contribution in [2.24, 2.45) is 0 Å². The van der Waals surface area contributed by atoms with Gasteiger partial charge in [-0.2, -0.15) is 10.5 Å². The number of Topliss-reactive ketones (excluding diaryl/α,β-unsaturated/α-hetero) is 2. The lowest BCUT2D eigenvalue weighted by atomic mass is 9.97. The number of benzene rings is 4. The quantitative estimate of drug-likeness (QED) is 0.271. The third-order valence-electron chi connectivity index (χ3n) is 5.43. The molecule has 0 unspecified atom stereocenters. The fourth-order valence-corrected chi connectivity index (χ4v) is 3.52. The van der Waals surface area contributed by atoms with E-state index in [1.54, 1.807) is 48.5 Å². The smallest absolute Gasteiger partial charge is 0.170 e. The maximum Gasteiger partial charge on any atom is 0.170 e. The van der Waals surface area contributed by atoms with Crippen molar-refractivity contribution in [3.63, 3.8) is 0 Å². The minimum atomic E-state index is -0.234. The van der Waals surface area contributed by atoms with Crippen LogP contribution in [-0.2, 0) is 0 Å². The summed E-state index contributed by atoms with van der Waals surface area (Å²) in [5.41, 5.74) is 5.91. The molecule has 4 heteroatoms. The number of hydrogen-bond donors (Lipinski definition) is 0. The van der Waals surface area contributed by atoms with Crippen molar-refractivity contribution >= 4 is 11.6 Å². The van der Waals surface area contributed by atoms with Crippen LogP contribution in [0.1, 0.15) is 38.3 Å². The molecule has 0 saturated carbocycles. The molecule has 4 rings (SSSR count). The molecular formula is C29H18N2O2. The van der Waals surface area contributed by atoms with Gasteiger partial charge in [0, 0.05) is 11.1 Å². The predicted molar refractivity (Wildman–Crippen MR) is 126 cm³/mol. The van der Waals surface area contributed by atoms with Crippen molar-refractivity contribution in [1.82, 2.24) is 0 Å². The molecule has 0 N–H and O–H groups in total. The lowest BCUT2D eigenvalue weighted by Crippen LogP contribution is -2.08. The lowest BCUT2D eigenvalue weighted by molar-refractivity contribution is 0.0894. The number of carbonyl (C=O) groups excluding carboxylic acids is 2. The molecule has 0 aromatic heterocycles. The summed E-state index contributed by atoms with van der Waals surface area (Å²) in [7, 11) is 0. The zero-order valence-corrected chi connectivity index (χ0v) is 17.7. The number of nitrogens with zero attached hydrogens (tertiary/aromatic N) is 2. The van der Waals surface area contributed by atoms with E-state index in [1.165, 1.54) is 0 Å². The van der Waals surface area contributed by atoms with Gasteiger partial charge in [0.25, 0.3) is 0 Å². The maximum absolute atomic E-state index is 12.6. The highest BCUT2D eigenvalue weighted by Crippen LogP contribution is 2.23. The highest BCUT2D eigenvalue weighted by Gasteiger charge is 2.14. The summed E-state index contributed by atoms with van der Waals surface area (Å²) in [6.07, 6.45) is -0.202. The predicted octanol–water partition coefficient (Wildman–Crippen LogP) is 6.22. The molecule has 33 heavy (non-hydrogen) atoms. The first-order chi connectivity index (χ1) is 16.1. The summed E-state index contributed by atoms with van der Waals surface area (Å²) in [5.74, 6) is -0.468. The van der Waals surface area contributed by atoms with Crippen LogP contribution in [-0.4, -0.2) is 11.6 Å². The summed E-state index contributed by atoms with van der Waals surface area (Å²) in [6, 6.07) is 32.9. The van der Waals surface area contributed by atoms with Gasteiger partial charge in [-0.15, -0.1) is 0 Å². The van der Waals surface area contributed by atoms with Crippen molar-refractivity contribution < 1.29 is 9.59 Å². The second-order valence-corrected chi connectivity index (χ2v) is 7.56. The fraction of sp³-hybridized carbons (Fsp3) is 0.0345. The first-order valence-corrected chi connectivity index (χ1v) is 10.3. The van der Waals surface area contributed by atoms with E-state index in [4.69, 9.17) is 10.5 Å². The Labute approximate surface area is 192 Å². The molecule has 4 nitrogen and oxygen atoms in total. The van der Waals surface area contributed by atoms with E-state index in [2.05, 4.69) is 12.1 Å². The van der Waals surface area contributed by atoms with E-state index in [-0.39, 0.29) is 18.0 Å². The van der Waals surface area contributed by atoms with Crippen LogP contribution in [0.2, 0.25) is 0 Å². The summed E-state index contributed by atoms with van der Waals surface area (Å²) in [5, 5.41) is 17.8. The fourth-order valence-electron chi connectivity index (χ4n) is 3.52. The van der Waals surface area contributed by atoms with Crippen LogP contribution in [0.5, 0.6) is 0 Å². The Hall–Kier alpha value is -4.80. The van der Waals surface area contributed by atoms with Gasteiger partial charge in [-0.1, -0.05) is 72.8 Å². The Balaban J connectivity index is 1.42. The third-order valence-corrected chi connectivity index (χ3v) is 5.43. The minimum Gasteiger partial charge on any atom is -0.294 e. The Kier molecular flexibility index (Phi) is 6.21. The molecule has 0 atom stereocenters. The van der Waals surface area contributed by atoms with Gasteiger partial charge in [-0.25, -0.2) is 0 Å². The minimum absolute atomic E-state index is 0.202. The van der Waals surface area contributed by atoms with Gasteiger partial charge in [0.15, 0.2) is 11.6 Å². The number of rotatable bonds is 6. The summed E-state index contributed by atoms with van der Waals surface area (Å²) < 4.78 is 0. The summed E-state index contributed by atoms with van der Waals surface area (Å²) in [6.45, 7) is 0. The number of ketones is 2. The first-order valence-electron chi connectivity index (χ1n) is 10.3. The van der Waals surface area contributed by atoms with Gasteiger partial charge in [-0.05, 0) is 46.5 Å². The standard InChI is InChI=1S/C29H18N2O2/c30-18-20-1-5-22(6-2-20)24-9-13-26(14-10-24)28(32)17-29(33)27-15-11-25(12-16-27)23-7-3-21(19-31)4-8-23/h1-16H,17H2. The molecular weight excluding hydrogens is 408 g/mol. The van der Waals surface area contributed by atoms with E-state index in [9.17, 15) is 9.59 Å². The normalized spacial score (nSPS) is 10.1. The van der Waals surface area contributed by atoms with Gasteiger partial charge in [0.05, 0.1) is 29.7 Å². The van der Waals surface area contributed by atoms with Crippen LogP contribution in [0, 0.1) is 22.7 Å². The molecule has 0 heterocycles. The van der Waals surface area contributed by atoms with Crippen LogP contribution in [0.25, 0.3) is 22.3 Å². The van der Waals surface area contributed by atoms with Crippen molar-refractivity contribution in [3.05, 3.63) is 119 Å². The van der Waals surface area contributed by atoms with Crippen molar-refractivity contribution in [1.29, 1.82) is 10.5 Å². The van der Waals surface area contributed by atoms with Crippen LogP contribution >= 0.6 is 0 Å². The molecule has 0 bridgehead atoms. The summed E-state index contributed by atoms with van der Waals surface area (Å²) >= 11 is 0. The zero-order chi connectivity index (χ0) is 23.2. The Morgan fingerprint density at radius 3 is 1.03 bits per heavy atom. The van der Waals surface area contributed by atoms with Gasteiger partial charge in [0.2, 0.25) is 0 Å². The Morgan fingerprint density at radius 2 is 0.758 bits per heavy atom. The zero-order valence-electron chi connectivity index (χ0n) is 17.7. The van der Waals surface area contributed by atoms with E-state index in [0.29, 0.717) is 22.3 Å². The Bertz CT molecular complexity index is 1270. The third kappa shape index (κ3) is 4.93. The van der Waals surface area contributed by atoms with Gasteiger partial charge < -0.3 is 0 Å². The van der Waals surface area contributed by atoms with E-state index in [1.807, 2.05) is 48.5 Å². The molecule has 0 aliphatic heterocycles. The van der Waals surface area contributed by atoms with Crippen molar-refractivity contribution in [3.8, 4) is 34.4 Å². The molecule has 0 saturated heterocycles. The van der Waals surface area contributed by atoms with Crippen LogP contribution in [0.3, 0.4) is 0 Å². The van der Waals surface area contributed by atoms with Crippen LogP contribution < -0.4 is 0 Å². The molecule has 0 amide bonds. The first kappa shape index (κ1) is 21.4. The molecule has 0 fully saturated rings. The average molecular weight is 426 g/mol. The molecule has 4 aromatic carbocycles. The number of hydrogen-bond acceptors (Lipinski definition) is 4.